The molecule has 3 rings (SSSR count). The van der Waals surface area contributed by atoms with Crippen molar-refractivity contribution in [3.05, 3.63) is 0 Å². The highest BCUT2D eigenvalue weighted by Crippen LogP contribution is 2.39. The number of nitrogens with one attached hydrogen (secondary N) is 1. The first kappa shape index (κ1) is 9.42. The van der Waals surface area contributed by atoms with Crippen LogP contribution in [0.5, 0.6) is 0 Å². The Balaban J connectivity index is 1.82. The van der Waals surface area contributed by atoms with Crippen LogP contribution in [0.15, 0.2) is 0 Å². The first-order valence-electron chi connectivity index (χ1n) is 5.38. The standard InChI is InChI=1S/C10H15NO4/c1-10(2)14-6-4-3-5-7(8(6)15-10)11-9(12)13-5/h5-8H,3-4H2,1-2H3,(H,11,12)/t5-,6-,7+,8-/m1/s1. The van der Waals surface area contributed by atoms with Gasteiger partial charge in [-0.2, -0.15) is 0 Å². The normalized spacial score (nSPS) is 46.7. The highest BCUT2D eigenvalue weighted by Gasteiger charge is 2.54. The van der Waals surface area contributed by atoms with Gasteiger partial charge < -0.3 is 19.5 Å². The van der Waals surface area contributed by atoms with Crippen LogP contribution in [0.3, 0.4) is 0 Å². The number of rotatable bonds is 0. The van der Waals surface area contributed by atoms with E-state index in [1.54, 1.807) is 0 Å². The predicted octanol–water partition coefficient (Wildman–Crippen LogP) is 0.777. The van der Waals surface area contributed by atoms with E-state index in [0.29, 0.717) is 0 Å². The predicted molar refractivity (Wildman–Crippen MR) is 50.3 cm³/mol. The Morgan fingerprint density at radius 2 is 2.00 bits per heavy atom. The molecule has 5 heteroatoms. The fraction of sp³-hybridized carbons (Fsp3) is 0.900. The highest BCUT2D eigenvalue weighted by molar-refractivity contribution is 5.70. The molecule has 0 radical (unpaired) electrons. The second-order valence-corrected chi connectivity index (χ2v) is 4.83. The van der Waals surface area contributed by atoms with E-state index in [1.807, 2.05) is 13.8 Å². The average Bonchev–Trinajstić information content (AvgIpc) is 2.62. The Labute approximate surface area is 88.1 Å². The molecule has 5 nitrogen and oxygen atoms in total. The molecule has 1 saturated carbocycles. The zero-order valence-corrected chi connectivity index (χ0v) is 8.86. The van der Waals surface area contributed by atoms with Crippen molar-refractivity contribution in [1.29, 1.82) is 0 Å². The lowest BCUT2D eigenvalue weighted by molar-refractivity contribution is -0.147. The van der Waals surface area contributed by atoms with Gasteiger partial charge in [0.2, 0.25) is 0 Å². The third kappa shape index (κ3) is 1.41. The summed E-state index contributed by atoms with van der Waals surface area (Å²) in [6, 6.07) is -0.0435. The minimum Gasteiger partial charge on any atom is -0.444 e. The zero-order chi connectivity index (χ0) is 10.6. The molecule has 2 saturated heterocycles. The number of amides is 1. The second-order valence-electron chi connectivity index (χ2n) is 4.83. The molecule has 0 bridgehead atoms. The van der Waals surface area contributed by atoms with Crippen LogP contribution in [-0.4, -0.2) is 36.2 Å². The Morgan fingerprint density at radius 1 is 1.27 bits per heavy atom. The van der Waals surface area contributed by atoms with Crippen molar-refractivity contribution in [1.82, 2.24) is 5.32 Å². The van der Waals surface area contributed by atoms with Crippen molar-refractivity contribution < 1.29 is 19.0 Å². The van der Waals surface area contributed by atoms with Gasteiger partial charge in [0.15, 0.2) is 5.79 Å². The Bertz CT molecular complexity index is 304. The molecule has 1 amide bonds. The number of alkyl carbamates (subject to hydrolysis) is 1. The second kappa shape index (κ2) is 2.86. The van der Waals surface area contributed by atoms with E-state index in [1.165, 1.54) is 0 Å². The van der Waals surface area contributed by atoms with Gasteiger partial charge in [-0.15, -0.1) is 0 Å². The van der Waals surface area contributed by atoms with Gasteiger partial charge in [-0.3, -0.25) is 0 Å². The molecule has 0 unspecified atom stereocenters. The van der Waals surface area contributed by atoms with Crippen molar-refractivity contribution in [3.63, 3.8) is 0 Å². The third-order valence-corrected chi connectivity index (χ3v) is 3.25. The number of carbonyl (C=O) groups is 1. The van der Waals surface area contributed by atoms with Gasteiger partial charge >= 0.3 is 6.09 Å². The summed E-state index contributed by atoms with van der Waals surface area (Å²) in [5.41, 5.74) is 0. The summed E-state index contributed by atoms with van der Waals surface area (Å²) in [4.78, 5) is 11.1. The molecule has 84 valence electrons. The van der Waals surface area contributed by atoms with Crippen molar-refractivity contribution >= 4 is 6.09 Å². The highest BCUT2D eigenvalue weighted by atomic mass is 16.8. The molecule has 15 heavy (non-hydrogen) atoms. The molecule has 3 fully saturated rings. The maximum atomic E-state index is 11.1. The zero-order valence-electron chi connectivity index (χ0n) is 8.86. The third-order valence-electron chi connectivity index (χ3n) is 3.25. The Morgan fingerprint density at radius 3 is 2.80 bits per heavy atom. The van der Waals surface area contributed by atoms with Crippen LogP contribution in [0, 0.1) is 0 Å². The quantitative estimate of drug-likeness (QED) is 0.646. The first-order chi connectivity index (χ1) is 7.05. The summed E-state index contributed by atoms with van der Waals surface area (Å²) in [6.07, 6.45) is 1.39. The van der Waals surface area contributed by atoms with E-state index in [-0.39, 0.29) is 30.4 Å². The van der Waals surface area contributed by atoms with Gasteiger partial charge in [-0.1, -0.05) is 0 Å². The lowest BCUT2D eigenvalue weighted by Crippen LogP contribution is -2.51. The van der Waals surface area contributed by atoms with Gasteiger partial charge in [-0.25, -0.2) is 4.79 Å². The van der Waals surface area contributed by atoms with Crippen LogP contribution < -0.4 is 5.32 Å². The van der Waals surface area contributed by atoms with Crippen LogP contribution in [-0.2, 0) is 14.2 Å². The fourth-order valence-electron chi connectivity index (χ4n) is 2.73. The first-order valence-corrected chi connectivity index (χ1v) is 5.38. The summed E-state index contributed by atoms with van der Waals surface area (Å²) >= 11 is 0. The minimum atomic E-state index is -0.544. The molecule has 1 N–H and O–H groups in total. The maximum absolute atomic E-state index is 11.1. The number of hydrogen-bond donors (Lipinski definition) is 1. The van der Waals surface area contributed by atoms with E-state index >= 15 is 0 Å². The molecule has 0 aromatic heterocycles. The molecule has 0 spiro atoms. The van der Waals surface area contributed by atoms with E-state index in [9.17, 15) is 4.79 Å². The molecule has 0 aromatic carbocycles. The summed E-state index contributed by atoms with van der Waals surface area (Å²) in [5, 5.41) is 2.80. The topological polar surface area (TPSA) is 56.8 Å². The smallest absolute Gasteiger partial charge is 0.407 e. The van der Waals surface area contributed by atoms with Crippen LogP contribution in [0.4, 0.5) is 4.79 Å². The molecule has 2 heterocycles. The number of ether oxygens (including phenoxy) is 3. The Hall–Kier alpha value is -0.810. The average molecular weight is 213 g/mol. The van der Waals surface area contributed by atoms with Gasteiger partial charge in [0.25, 0.3) is 0 Å². The van der Waals surface area contributed by atoms with Gasteiger partial charge in [0.05, 0.1) is 12.1 Å². The molecule has 2 aliphatic heterocycles. The van der Waals surface area contributed by atoms with Crippen molar-refractivity contribution in [2.24, 2.45) is 0 Å². The van der Waals surface area contributed by atoms with Gasteiger partial charge in [0, 0.05) is 0 Å². The molecule has 4 atom stereocenters. The van der Waals surface area contributed by atoms with Crippen molar-refractivity contribution in [2.45, 2.75) is 56.8 Å². The van der Waals surface area contributed by atoms with E-state index < -0.39 is 5.79 Å². The molecular weight excluding hydrogens is 198 g/mol. The van der Waals surface area contributed by atoms with Gasteiger partial charge in [-0.05, 0) is 26.7 Å². The molecule has 0 aromatic rings. The SMILES string of the molecule is CC1(C)O[C@H]2[C@H]3NC(=O)O[C@@H]3CC[C@H]2O1. The summed E-state index contributed by atoms with van der Waals surface area (Å²) in [6.45, 7) is 3.80. The lowest BCUT2D eigenvalue weighted by atomic mass is 9.88. The molecular formula is C10H15NO4. The van der Waals surface area contributed by atoms with Crippen molar-refractivity contribution in [2.75, 3.05) is 0 Å². The van der Waals surface area contributed by atoms with Crippen LogP contribution in [0.2, 0.25) is 0 Å². The number of carbonyl (C=O) groups excluding carboxylic acids is 1. The summed E-state index contributed by atoms with van der Waals surface area (Å²) in [7, 11) is 0. The van der Waals surface area contributed by atoms with Crippen LogP contribution in [0.25, 0.3) is 0 Å². The number of fused-ring (bicyclic) bond motifs is 3. The van der Waals surface area contributed by atoms with Crippen LogP contribution >= 0.6 is 0 Å². The van der Waals surface area contributed by atoms with E-state index in [2.05, 4.69) is 5.32 Å². The fourth-order valence-corrected chi connectivity index (χ4v) is 2.73. The maximum Gasteiger partial charge on any atom is 0.407 e. The molecule has 3 aliphatic rings. The number of hydrogen-bond acceptors (Lipinski definition) is 4. The summed E-state index contributed by atoms with van der Waals surface area (Å²) in [5.74, 6) is -0.544. The molecule has 1 aliphatic carbocycles. The summed E-state index contributed by atoms with van der Waals surface area (Å²) < 4.78 is 16.7. The van der Waals surface area contributed by atoms with E-state index in [0.717, 1.165) is 12.8 Å². The Kier molecular flexibility index (Phi) is 1.79. The van der Waals surface area contributed by atoms with Crippen molar-refractivity contribution in [3.8, 4) is 0 Å². The minimum absolute atomic E-state index is 0.0435. The largest absolute Gasteiger partial charge is 0.444 e. The van der Waals surface area contributed by atoms with E-state index in [4.69, 9.17) is 14.2 Å². The monoisotopic (exact) mass is 213 g/mol. The van der Waals surface area contributed by atoms with Crippen LogP contribution in [0.1, 0.15) is 26.7 Å². The lowest BCUT2D eigenvalue weighted by Gasteiger charge is -2.30. The van der Waals surface area contributed by atoms with Gasteiger partial charge in [0.1, 0.15) is 12.2 Å².